The summed E-state index contributed by atoms with van der Waals surface area (Å²) in [6.07, 6.45) is 8.20. The molecule has 0 N–H and O–H groups in total. The lowest BCUT2D eigenvalue weighted by molar-refractivity contribution is 0.107. The van der Waals surface area contributed by atoms with Crippen LogP contribution in [0.4, 0.5) is 4.39 Å². The average molecular weight is 288 g/mol. The largest absolute Gasteiger partial charge is 0.244 e. The summed E-state index contributed by atoms with van der Waals surface area (Å²) in [7, 11) is 0. The number of alkyl halides is 1. The van der Waals surface area contributed by atoms with E-state index in [1.807, 2.05) is 18.2 Å². The van der Waals surface area contributed by atoms with E-state index in [-0.39, 0.29) is 5.92 Å². The molecule has 1 heteroatoms. The molecule has 0 aliphatic carbocycles. The van der Waals surface area contributed by atoms with Gasteiger partial charge in [0, 0.05) is 0 Å². The Morgan fingerprint density at radius 2 is 1.86 bits per heavy atom. The van der Waals surface area contributed by atoms with Gasteiger partial charge in [0.25, 0.3) is 0 Å². The Bertz CT molecular complexity index is 462. The van der Waals surface area contributed by atoms with Crippen LogP contribution >= 0.6 is 0 Å². The smallest absolute Gasteiger partial charge is 0.108 e. The van der Waals surface area contributed by atoms with Crippen molar-refractivity contribution in [2.75, 3.05) is 0 Å². The van der Waals surface area contributed by atoms with E-state index in [0.29, 0.717) is 5.92 Å². The molecule has 0 spiro atoms. The first kappa shape index (κ1) is 17.7. The van der Waals surface area contributed by atoms with Gasteiger partial charge < -0.3 is 0 Å². The molecule has 0 aliphatic rings. The van der Waals surface area contributed by atoms with Crippen molar-refractivity contribution in [3.05, 3.63) is 54.1 Å². The molecule has 116 valence electrons. The van der Waals surface area contributed by atoms with Crippen molar-refractivity contribution in [1.82, 2.24) is 0 Å². The van der Waals surface area contributed by atoms with Gasteiger partial charge in [0.2, 0.25) is 0 Å². The maximum absolute atomic E-state index is 14.0. The van der Waals surface area contributed by atoms with Gasteiger partial charge in [-0.3, -0.25) is 0 Å². The van der Waals surface area contributed by atoms with Crippen molar-refractivity contribution in [3.8, 4) is 0 Å². The van der Waals surface area contributed by atoms with Crippen molar-refractivity contribution in [1.29, 1.82) is 0 Å². The molecule has 1 aromatic rings. The lowest BCUT2D eigenvalue weighted by atomic mass is 9.83. The minimum absolute atomic E-state index is 0.122. The van der Waals surface area contributed by atoms with E-state index in [4.69, 9.17) is 0 Å². The van der Waals surface area contributed by atoms with Gasteiger partial charge in [-0.2, -0.15) is 0 Å². The molecule has 0 aromatic heterocycles. The first-order chi connectivity index (χ1) is 9.84. The van der Waals surface area contributed by atoms with Crippen molar-refractivity contribution in [2.24, 2.45) is 11.8 Å². The predicted molar refractivity (Wildman–Crippen MR) is 92.0 cm³/mol. The maximum Gasteiger partial charge on any atom is 0.108 e. The van der Waals surface area contributed by atoms with Gasteiger partial charge in [0.05, 0.1) is 0 Å². The number of rotatable bonds is 7. The molecule has 0 amide bonds. The van der Waals surface area contributed by atoms with Crippen LogP contribution in [0.2, 0.25) is 0 Å². The van der Waals surface area contributed by atoms with Crippen LogP contribution in [-0.2, 0) is 0 Å². The maximum atomic E-state index is 14.0. The van der Waals surface area contributed by atoms with E-state index >= 15 is 0 Å². The zero-order valence-corrected chi connectivity index (χ0v) is 14.1. The number of halogens is 1. The second-order valence-corrected chi connectivity index (χ2v) is 6.48. The number of hydrogen-bond donors (Lipinski definition) is 0. The molecule has 0 radical (unpaired) electrons. The van der Waals surface area contributed by atoms with E-state index in [1.165, 1.54) is 11.1 Å². The van der Waals surface area contributed by atoms with Crippen LogP contribution in [-0.4, -0.2) is 5.67 Å². The fraction of sp³-hybridized carbons (Fsp3) is 0.500. The SMILES string of the molecule is CCC(CC(C)/C=C\C=C(/C)c1ccccc1)C(C)(C)F. The van der Waals surface area contributed by atoms with Crippen molar-refractivity contribution < 1.29 is 4.39 Å². The normalized spacial score (nSPS) is 16.2. The Morgan fingerprint density at radius 1 is 1.24 bits per heavy atom. The van der Waals surface area contributed by atoms with Gasteiger partial charge in [-0.15, -0.1) is 0 Å². The second-order valence-electron chi connectivity index (χ2n) is 6.48. The third-order valence-corrected chi connectivity index (χ3v) is 4.13. The zero-order valence-electron chi connectivity index (χ0n) is 14.1. The van der Waals surface area contributed by atoms with E-state index in [9.17, 15) is 4.39 Å². The molecule has 1 aromatic carbocycles. The fourth-order valence-corrected chi connectivity index (χ4v) is 2.65. The molecule has 0 heterocycles. The Morgan fingerprint density at radius 3 is 2.38 bits per heavy atom. The van der Waals surface area contributed by atoms with Crippen LogP contribution in [0, 0.1) is 11.8 Å². The van der Waals surface area contributed by atoms with Gasteiger partial charge in [-0.1, -0.05) is 68.8 Å². The van der Waals surface area contributed by atoms with Crippen molar-refractivity contribution >= 4 is 5.57 Å². The summed E-state index contributed by atoms with van der Waals surface area (Å²) in [6.45, 7) is 9.73. The Hall–Kier alpha value is -1.37. The van der Waals surface area contributed by atoms with Crippen molar-refractivity contribution in [3.63, 3.8) is 0 Å². The average Bonchev–Trinajstić information content (AvgIpc) is 2.44. The molecular weight excluding hydrogens is 259 g/mol. The third kappa shape index (κ3) is 6.29. The Balaban J connectivity index is 2.60. The molecular formula is C20H29F. The first-order valence-electron chi connectivity index (χ1n) is 7.94. The Kier molecular flexibility index (Phi) is 6.87. The van der Waals surface area contributed by atoms with E-state index in [1.54, 1.807) is 13.8 Å². The predicted octanol–water partition coefficient (Wildman–Crippen LogP) is 6.45. The van der Waals surface area contributed by atoms with Crippen LogP contribution in [0.15, 0.2) is 48.6 Å². The van der Waals surface area contributed by atoms with Crippen LogP contribution in [0.1, 0.15) is 53.0 Å². The molecule has 2 atom stereocenters. The molecule has 0 bridgehead atoms. The molecule has 0 saturated carbocycles. The van der Waals surface area contributed by atoms with Gasteiger partial charge in [0.15, 0.2) is 0 Å². The summed E-state index contributed by atoms with van der Waals surface area (Å²) in [5.41, 5.74) is 1.40. The van der Waals surface area contributed by atoms with Gasteiger partial charge in [-0.05, 0) is 50.2 Å². The molecule has 0 fully saturated rings. The van der Waals surface area contributed by atoms with E-state index in [2.05, 4.69) is 51.1 Å². The standard InChI is InChI=1S/C20H29F/c1-6-19(20(4,5)21)15-16(2)11-10-12-17(3)18-13-8-7-9-14-18/h7-14,16,19H,6,15H2,1-5H3/b11-10-,17-12+. The summed E-state index contributed by atoms with van der Waals surface area (Å²) < 4.78 is 14.0. The monoisotopic (exact) mass is 288 g/mol. The highest BCUT2D eigenvalue weighted by Crippen LogP contribution is 2.30. The number of benzene rings is 1. The lowest BCUT2D eigenvalue weighted by Gasteiger charge is -2.27. The first-order valence-corrected chi connectivity index (χ1v) is 7.94. The van der Waals surface area contributed by atoms with Gasteiger partial charge in [0.1, 0.15) is 5.67 Å². The highest BCUT2D eigenvalue weighted by Gasteiger charge is 2.28. The van der Waals surface area contributed by atoms with Gasteiger partial charge in [-0.25, -0.2) is 4.39 Å². The molecule has 0 nitrogen and oxygen atoms in total. The summed E-state index contributed by atoms with van der Waals surface area (Å²) in [5.74, 6) is 0.515. The van der Waals surface area contributed by atoms with Crippen LogP contribution in [0.3, 0.4) is 0 Å². The zero-order chi connectivity index (χ0) is 15.9. The minimum Gasteiger partial charge on any atom is -0.244 e. The Labute approximate surface area is 129 Å². The second kappa shape index (κ2) is 8.17. The highest BCUT2D eigenvalue weighted by molar-refractivity contribution is 5.64. The summed E-state index contributed by atoms with van der Waals surface area (Å²) in [5, 5.41) is 0. The summed E-state index contributed by atoms with van der Waals surface area (Å²) in [4.78, 5) is 0. The summed E-state index contributed by atoms with van der Waals surface area (Å²) >= 11 is 0. The van der Waals surface area contributed by atoms with Crippen LogP contribution in [0.25, 0.3) is 5.57 Å². The minimum atomic E-state index is -1.09. The molecule has 1 rings (SSSR count). The van der Waals surface area contributed by atoms with E-state index in [0.717, 1.165) is 12.8 Å². The molecule has 0 saturated heterocycles. The van der Waals surface area contributed by atoms with Crippen molar-refractivity contribution in [2.45, 2.75) is 53.1 Å². The molecule has 0 aliphatic heterocycles. The van der Waals surface area contributed by atoms with Gasteiger partial charge >= 0.3 is 0 Å². The quantitative estimate of drug-likeness (QED) is 0.506. The number of hydrogen-bond acceptors (Lipinski definition) is 0. The molecule has 2 unspecified atom stereocenters. The van der Waals surface area contributed by atoms with E-state index < -0.39 is 5.67 Å². The highest BCUT2D eigenvalue weighted by atomic mass is 19.1. The summed E-state index contributed by atoms with van der Waals surface area (Å²) in [6, 6.07) is 10.4. The molecule has 21 heavy (non-hydrogen) atoms. The number of allylic oxidation sites excluding steroid dienone is 4. The van der Waals surface area contributed by atoms with Crippen LogP contribution < -0.4 is 0 Å². The third-order valence-electron chi connectivity index (χ3n) is 4.13. The topological polar surface area (TPSA) is 0 Å². The fourth-order valence-electron chi connectivity index (χ4n) is 2.65. The van der Waals surface area contributed by atoms with Crippen LogP contribution in [0.5, 0.6) is 0 Å². The lowest BCUT2D eigenvalue weighted by Crippen LogP contribution is -2.26.